The summed E-state index contributed by atoms with van der Waals surface area (Å²) in [5.41, 5.74) is 7.78. The first kappa shape index (κ1) is 14.2. The first-order valence-corrected chi connectivity index (χ1v) is 6.72. The average Bonchev–Trinajstić information content (AvgIpc) is 2.37. The van der Waals surface area contributed by atoms with E-state index in [9.17, 15) is 8.78 Å². The molecule has 0 amide bonds. The Hall–Kier alpha value is -1.26. The molecule has 19 heavy (non-hydrogen) atoms. The minimum Gasteiger partial charge on any atom is -0.324 e. The van der Waals surface area contributed by atoms with E-state index in [1.54, 1.807) is 31.2 Å². The summed E-state index contributed by atoms with van der Waals surface area (Å²) in [5.74, 6) is -0.589. The zero-order valence-electron chi connectivity index (χ0n) is 10.5. The van der Waals surface area contributed by atoms with Gasteiger partial charge in [-0.05, 0) is 54.3 Å². The van der Waals surface area contributed by atoms with Crippen LogP contribution in [0.4, 0.5) is 8.78 Å². The summed E-state index contributed by atoms with van der Waals surface area (Å²) in [5, 5.41) is 0. The minimum absolute atomic E-state index is 0.289. The van der Waals surface area contributed by atoms with Gasteiger partial charge in [0.15, 0.2) is 0 Å². The predicted octanol–water partition coefficient (Wildman–Crippen LogP) is 4.28. The maximum absolute atomic E-state index is 13.6. The molecule has 0 heterocycles. The van der Waals surface area contributed by atoms with Crippen LogP contribution in [0.5, 0.6) is 0 Å². The second-order valence-electron chi connectivity index (χ2n) is 4.55. The standard InChI is InChI=1S/C15H14BrF2N/c1-9-2-3-10(7-14(9)18)15(19)8-11-6-12(16)4-5-13(11)17/h2-7,15H,8,19H2,1H3. The average molecular weight is 326 g/mol. The van der Waals surface area contributed by atoms with Gasteiger partial charge in [0.05, 0.1) is 0 Å². The SMILES string of the molecule is Cc1ccc(C(N)Cc2cc(Br)ccc2F)cc1F. The number of rotatable bonds is 3. The van der Waals surface area contributed by atoms with E-state index in [2.05, 4.69) is 15.9 Å². The van der Waals surface area contributed by atoms with E-state index in [-0.39, 0.29) is 11.6 Å². The second kappa shape index (κ2) is 5.80. The molecule has 0 aliphatic carbocycles. The van der Waals surface area contributed by atoms with Crippen LogP contribution in [0.1, 0.15) is 22.7 Å². The Kier molecular flexibility index (Phi) is 4.32. The number of halogens is 3. The maximum Gasteiger partial charge on any atom is 0.126 e. The van der Waals surface area contributed by atoms with E-state index in [0.717, 1.165) is 4.47 Å². The fourth-order valence-corrected chi connectivity index (χ4v) is 2.30. The molecule has 1 atom stereocenters. The third-order valence-corrected chi connectivity index (χ3v) is 3.56. The van der Waals surface area contributed by atoms with Gasteiger partial charge in [0.1, 0.15) is 11.6 Å². The lowest BCUT2D eigenvalue weighted by Crippen LogP contribution is -2.14. The molecular weight excluding hydrogens is 312 g/mol. The summed E-state index contributed by atoms with van der Waals surface area (Å²) in [6.45, 7) is 1.69. The van der Waals surface area contributed by atoms with Crippen LogP contribution in [0, 0.1) is 18.6 Å². The van der Waals surface area contributed by atoms with Gasteiger partial charge >= 0.3 is 0 Å². The van der Waals surface area contributed by atoms with Crippen LogP contribution in [0.15, 0.2) is 40.9 Å². The molecule has 0 aliphatic heterocycles. The van der Waals surface area contributed by atoms with E-state index >= 15 is 0 Å². The largest absolute Gasteiger partial charge is 0.324 e. The lowest BCUT2D eigenvalue weighted by molar-refractivity contribution is 0.587. The molecular formula is C15H14BrF2N. The predicted molar refractivity (Wildman–Crippen MR) is 75.9 cm³/mol. The monoisotopic (exact) mass is 325 g/mol. The number of hydrogen-bond acceptors (Lipinski definition) is 1. The quantitative estimate of drug-likeness (QED) is 0.895. The Labute approximate surface area is 119 Å². The van der Waals surface area contributed by atoms with Gasteiger partial charge in [0.2, 0.25) is 0 Å². The van der Waals surface area contributed by atoms with Crippen molar-refractivity contribution in [3.8, 4) is 0 Å². The van der Waals surface area contributed by atoms with Gasteiger partial charge in [0.25, 0.3) is 0 Å². The van der Waals surface area contributed by atoms with Crippen molar-refractivity contribution in [2.24, 2.45) is 5.73 Å². The molecule has 2 aromatic rings. The zero-order chi connectivity index (χ0) is 14.0. The Morgan fingerprint density at radius 3 is 2.53 bits per heavy atom. The van der Waals surface area contributed by atoms with Gasteiger partial charge in [-0.2, -0.15) is 0 Å². The number of hydrogen-bond donors (Lipinski definition) is 1. The molecule has 1 unspecified atom stereocenters. The third-order valence-electron chi connectivity index (χ3n) is 3.07. The molecule has 2 aromatic carbocycles. The van der Waals surface area contributed by atoms with Crippen LogP contribution in [-0.2, 0) is 6.42 Å². The summed E-state index contributed by atoms with van der Waals surface area (Å²) in [4.78, 5) is 0. The highest BCUT2D eigenvalue weighted by Gasteiger charge is 2.12. The Morgan fingerprint density at radius 2 is 1.84 bits per heavy atom. The van der Waals surface area contributed by atoms with Crippen molar-refractivity contribution < 1.29 is 8.78 Å². The number of nitrogens with two attached hydrogens (primary N) is 1. The maximum atomic E-state index is 13.6. The molecule has 2 N–H and O–H groups in total. The van der Waals surface area contributed by atoms with E-state index < -0.39 is 6.04 Å². The lowest BCUT2D eigenvalue weighted by atomic mass is 9.98. The molecule has 0 saturated heterocycles. The van der Waals surface area contributed by atoms with Crippen molar-refractivity contribution in [2.45, 2.75) is 19.4 Å². The van der Waals surface area contributed by atoms with Crippen LogP contribution in [-0.4, -0.2) is 0 Å². The molecule has 1 nitrogen and oxygen atoms in total. The Morgan fingerprint density at radius 1 is 1.11 bits per heavy atom. The van der Waals surface area contributed by atoms with Crippen LogP contribution in [0.2, 0.25) is 0 Å². The normalized spacial score (nSPS) is 12.5. The molecule has 0 radical (unpaired) electrons. The molecule has 0 spiro atoms. The molecule has 0 bridgehead atoms. The summed E-state index contributed by atoms with van der Waals surface area (Å²) in [6, 6.07) is 9.16. The van der Waals surface area contributed by atoms with Crippen molar-refractivity contribution in [1.29, 1.82) is 0 Å². The van der Waals surface area contributed by atoms with Crippen molar-refractivity contribution >= 4 is 15.9 Å². The summed E-state index contributed by atoms with van der Waals surface area (Å²) in [6.07, 6.45) is 0.327. The van der Waals surface area contributed by atoms with E-state index in [0.29, 0.717) is 23.1 Å². The van der Waals surface area contributed by atoms with Crippen LogP contribution in [0.25, 0.3) is 0 Å². The van der Waals surface area contributed by atoms with Crippen molar-refractivity contribution in [3.63, 3.8) is 0 Å². The van der Waals surface area contributed by atoms with Crippen molar-refractivity contribution in [3.05, 3.63) is 69.2 Å². The Bertz CT molecular complexity index is 599. The fraction of sp³-hybridized carbons (Fsp3) is 0.200. The van der Waals surface area contributed by atoms with Gasteiger partial charge in [0, 0.05) is 10.5 Å². The van der Waals surface area contributed by atoms with Crippen molar-refractivity contribution in [1.82, 2.24) is 0 Å². The van der Waals surface area contributed by atoms with Gasteiger partial charge < -0.3 is 5.73 Å². The molecule has 0 fully saturated rings. The van der Waals surface area contributed by atoms with E-state index in [1.807, 2.05) is 0 Å². The third kappa shape index (κ3) is 3.39. The number of benzene rings is 2. The van der Waals surface area contributed by atoms with E-state index in [1.165, 1.54) is 12.1 Å². The highest BCUT2D eigenvalue weighted by atomic mass is 79.9. The minimum atomic E-state index is -0.432. The molecule has 100 valence electrons. The zero-order valence-corrected chi connectivity index (χ0v) is 12.0. The summed E-state index contributed by atoms with van der Waals surface area (Å²) in [7, 11) is 0. The smallest absolute Gasteiger partial charge is 0.126 e. The fourth-order valence-electron chi connectivity index (χ4n) is 1.89. The highest BCUT2D eigenvalue weighted by molar-refractivity contribution is 9.10. The van der Waals surface area contributed by atoms with Crippen LogP contribution in [0.3, 0.4) is 0 Å². The first-order chi connectivity index (χ1) is 8.97. The Balaban J connectivity index is 2.22. The summed E-state index contributed by atoms with van der Waals surface area (Å²) >= 11 is 3.30. The molecule has 0 aromatic heterocycles. The van der Waals surface area contributed by atoms with Gasteiger partial charge in [-0.15, -0.1) is 0 Å². The molecule has 2 rings (SSSR count). The lowest BCUT2D eigenvalue weighted by Gasteiger charge is -2.13. The topological polar surface area (TPSA) is 26.0 Å². The second-order valence-corrected chi connectivity index (χ2v) is 5.47. The van der Waals surface area contributed by atoms with Crippen LogP contribution >= 0.6 is 15.9 Å². The van der Waals surface area contributed by atoms with Crippen molar-refractivity contribution in [2.75, 3.05) is 0 Å². The van der Waals surface area contributed by atoms with Gasteiger partial charge in [-0.25, -0.2) is 8.78 Å². The molecule has 0 aliphatic rings. The van der Waals surface area contributed by atoms with Gasteiger partial charge in [-0.1, -0.05) is 28.1 Å². The number of aryl methyl sites for hydroxylation is 1. The molecule has 4 heteroatoms. The van der Waals surface area contributed by atoms with Crippen LogP contribution < -0.4 is 5.73 Å². The van der Waals surface area contributed by atoms with Gasteiger partial charge in [-0.3, -0.25) is 0 Å². The van der Waals surface area contributed by atoms with E-state index in [4.69, 9.17) is 5.73 Å². The first-order valence-electron chi connectivity index (χ1n) is 5.93. The summed E-state index contributed by atoms with van der Waals surface area (Å²) < 4.78 is 27.9. The highest BCUT2D eigenvalue weighted by Crippen LogP contribution is 2.22. The molecule has 0 saturated carbocycles.